The minimum Gasteiger partial charge on any atom is -0.598 e. The molecule has 236 valence electrons. The third kappa shape index (κ3) is 7.82. The summed E-state index contributed by atoms with van der Waals surface area (Å²) in [6.45, 7) is 6.29. The number of alkyl halides is 3. The number of fused-ring (bicyclic) bond motifs is 1. The van der Waals surface area contributed by atoms with Crippen molar-refractivity contribution in [1.82, 2.24) is 9.71 Å². The van der Waals surface area contributed by atoms with Crippen molar-refractivity contribution in [1.29, 1.82) is 0 Å². The van der Waals surface area contributed by atoms with Crippen LogP contribution in [-0.2, 0) is 46.6 Å². The number of rotatable bonds is 11. The van der Waals surface area contributed by atoms with Crippen molar-refractivity contribution < 1.29 is 45.5 Å². The van der Waals surface area contributed by atoms with Gasteiger partial charge in [-0.2, -0.15) is 13.2 Å². The van der Waals surface area contributed by atoms with E-state index < -0.39 is 39.6 Å². The molecule has 2 aromatic carbocycles. The first-order chi connectivity index (χ1) is 20.7. The van der Waals surface area contributed by atoms with Gasteiger partial charge in [-0.3, -0.25) is 9.78 Å². The van der Waals surface area contributed by atoms with E-state index in [2.05, 4.69) is 9.71 Å². The average molecular weight is 637 g/mol. The van der Waals surface area contributed by atoms with E-state index in [4.69, 9.17) is 18.6 Å². The molecular formula is C31H32F4N2O6S. The Hall–Kier alpha value is -3.81. The van der Waals surface area contributed by atoms with Gasteiger partial charge in [-0.25, -0.2) is 4.39 Å². The molecule has 4 rings (SSSR count). The summed E-state index contributed by atoms with van der Waals surface area (Å²) in [7, 11) is 1.48. The van der Waals surface area contributed by atoms with Crippen LogP contribution in [0, 0.1) is 5.82 Å². The van der Waals surface area contributed by atoms with Crippen molar-refractivity contribution in [3.05, 3.63) is 77.1 Å². The summed E-state index contributed by atoms with van der Waals surface area (Å²) in [6.07, 6.45) is -2.49. The van der Waals surface area contributed by atoms with Gasteiger partial charge in [-0.1, -0.05) is 6.07 Å². The lowest BCUT2D eigenvalue weighted by molar-refractivity contribution is -0.141. The van der Waals surface area contributed by atoms with Gasteiger partial charge < -0.3 is 23.2 Å². The molecule has 0 saturated carbocycles. The molecular weight excluding hydrogens is 604 g/mol. The van der Waals surface area contributed by atoms with Gasteiger partial charge in [0.05, 0.1) is 26.0 Å². The lowest BCUT2D eigenvalue weighted by atomic mass is 9.98. The Kier molecular flexibility index (Phi) is 10.1. The summed E-state index contributed by atoms with van der Waals surface area (Å²) < 4.78 is 93.9. The van der Waals surface area contributed by atoms with Crippen molar-refractivity contribution in [2.75, 3.05) is 13.7 Å². The highest BCUT2D eigenvalue weighted by Crippen LogP contribution is 2.41. The number of furan rings is 1. The van der Waals surface area contributed by atoms with Crippen LogP contribution in [0.25, 0.3) is 22.1 Å². The van der Waals surface area contributed by atoms with Crippen LogP contribution in [0.2, 0.25) is 0 Å². The first kappa shape index (κ1) is 33.1. The first-order valence-corrected chi connectivity index (χ1v) is 14.7. The molecule has 8 nitrogen and oxygen atoms in total. The number of aromatic nitrogens is 1. The number of methoxy groups -OCH3 is 1. The third-order valence-electron chi connectivity index (χ3n) is 6.56. The minimum absolute atomic E-state index is 0.0447. The molecule has 0 saturated heterocycles. The number of halogens is 4. The fourth-order valence-corrected chi connectivity index (χ4v) is 5.04. The summed E-state index contributed by atoms with van der Waals surface area (Å²) in [5.41, 5.74) is -0.239. The van der Waals surface area contributed by atoms with Gasteiger partial charge in [-0.15, -0.1) is 4.72 Å². The van der Waals surface area contributed by atoms with Crippen LogP contribution in [0.3, 0.4) is 0 Å². The second-order valence-electron chi connectivity index (χ2n) is 10.8. The van der Waals surface area contributed by atoms with Crippen molar-refractivity contribution >= 4 is 28.3 Å². The van der Waals surface area contributed by atoms with Gasteiger partial charge in [0.15, 0.2) is 5.82 Å². The van der Waals surface area contributed by atoms with E-state index in [0.717, 1.165) is 0 Å². The number of ether oxygens (including phenoxy) is 3. The van der Waals surface area contributed by atoms with Gasteiger partial charge in [0.25, 0.3) is 0 Å². The maximum absolute atomic E-state index is 15.8. The number of carbonyl (C=O) groups is 1. The summed E-state index contributed by atoms with van der Waals surface area (Å²) in [5, 5.41) is -0.265. The lowest BCUT2D eigenvalue weighted by Gasteiger charge is -2.23. The molecule has 4 aromatic rings. The van der Waals surface area contributed by atoms with Gasteiger partial charge in [0.2, 0.25) is 0 Å². The Morgan fingerprint density at radius 3 is 2.52 bits per heavy atom. The molecule has 0 aliphatic rings. The Bertz CT molecular complexity index is 1630. The Morgan fingerprint density at radius 1 is 1.11 bits per heavy atom. The first-order valence-electron chi connectivity index (χ1n) is 13.5. The molecule has 0 amide bonds. The summed E-state index contributed by atoms with van der Waals surface area (Å²) in [5.74, 6) is -0.381. The van der Waals surface area contributed by atoms with Gasteiger partial charge in [-0.05, 0) is 56.2 Å². The summed E-state index contributed by atoms with van der Waals surface area (Å²) in [6, 6.07) is 9.18. The van der Waals surface area contributed by atoms with Gasteiger partial charge in [0.1, 0.15) is 40.3 Å². The smallest absolute Gasteiger partial charge is 0.420 e. The number of esters is 1. The molecule has 0 unspecified atom stereocenters. The van der Waals surface area contributed by atoms with Crippen molar-refractivity contribution in [3.8, 4) is 22.6 Å². The molecule has 1 N–H and O–H groups in total. The quantitative estimate of drug-likeness (QED) is 0.108. The maximum atomic E-state index is 15.8. The molecule has 13 heteroatoms. The van der Waals surface area contributed by atoms with E-state index in [1.54, 1.807) is 39.0 Å². The number of benzene rings is 2. The van der Waals surface area contributed by atoms with Crippen LogP contribution in [0.1, 0.15) is 50.1 Å². The molecule has 0 fully saturated rings. The van der Waals surface area contributed by atoms with Gasteiger partial charge in [0, 0.05) is 53.5 Å². The third-order valence-corrected chi connectivity index (χ3v) is 8.08. The summed E-state index contributed by atoms with van der Waals surface area (Å²) >= 11 is -1.51. The van der Waals surface area contributed by atoms with E-state index >= 15 is 4.39 Å². The van der Waals surface area contributed by atoms with E-state index in [-0.39, 0.29) is 47.5 Å². The minimum atomic E-state index is -4.73. The van der Waals surface area contributed by atoms with E-state index in [9.17, 15) is 22.5 Å². The standard InChI is InChI=1S/C31H32F4N2O6S/c1-18(38)41-11-9-20-6-7-21(40-5)14-27(20)42-16-19-12-23(29-24(13-19)25(17-43-29)31(33,34)35)22-8-10-36-26(28(22)32)15-37-44(39)30(2,3)4/h6-8,10,12-14,17,37H,9,11,15-16H2,1-5H3/t44-/m0/s1. The Labute approximate surface area is 255 Å². The lowest BCUT2D eigenvalue weighted by Crippen LogP contribution is -2.39. The van der Waals surface area contributed by atoms with Crippen LogP contribution in [0.4, 0.5) is 17.6 Å². The van der Waals surface area contributed by atoms with Crippen LogP contribution in [0.5, 0.6) is 11.5 Å². The highest BCUT2D eigenvalue weighted by Gasteiger charge is 2.36. The zero-order valence-corrected chi connectivity index (χ0v) is 25.6. The number of nitrogens with zero attached hydrogens (tertiary/aromatic N) is 1. The topological polar surface area (TPSA) is 106 Å². The zero-order valence-electron chi connectivity index (χ0n) is 24.8. The second-order valence-corrected chi connectivity index (χ2v) is 12.9. The highest BCUT2D eigenvalue weighted by atomic mass is 32.2. The van der Waals surface area contributed by atoms with Gasteiger partial charge >= 0.3 is 12.1 Å². The molecule has 2 aromatic heterocycles. The molecule has 0 bridgehead atoms. The Balaban J connectivity index is 1.73. The largest absolute Gasteiger partial charge is 0.598 e. The molecule has 44 heavy (non-hydrogen) atoms. The van der Waals surface area contributed by atoms with Crippen LogP contribution >= 0.6 is 0 Å². The van der Waals surface area contributed by atoms with Crippen LogP contribution in [-0.4, -0.2) is 34.0 Å². The van der Waals surface area contributed by atoms with Crippen molar-refractivity contribution in [2.24, 2.45) is 0 Å². The average Bonchev–Trinajstić information content (AvgIpc) is 3.39. The maximum Gasteiger partial charge on any atom is 0.420 e. The number of pyridine rings is 1. The fourth-order valence-electron chi connectivity index (χ4n) is 4.34. The normalized spacial score (nSPS) is 12.8. The van der Waals surface area contributed by atoms with Crippen molar-refractivity contribution in [3.63, 3.8) is 0 Å². The fraction of sp³-hybridized carbons (Fsp3) is 0.355. The SMILES string of the molecule is COc1ccc(CCOC(C)=O)c(OCc2cc(-c3ccnc(CN[S@@+]([O-])C(C)(C)C)c3F)c3occ(C(F)(F)F)c3c2)c1. The predicted molar refractivity (Wildman–Crippen MR) is 157 cm³/mol. The molecule has 2 heterocycles. The number of nitrogens with one attached hydrogen (secondary N) is 1. The highest BCUT2D eigenvalue weighted by molar-refractivity contribution is 7.90. The van der Waals surface area contributed by atoms with E-state index in [1.165, 1.54) is 38.4 Å². The second kappa shape index (κ2) is 13.4. The molecule has 0 radical (unpaired) electrons. The van der Waals surface area contributed by atoms with Crippen molar-refractivity contribution in [2.45, 2.75) is 58.2 Å². The van der Waals surface area contributed by atoms with E-state index in [1.807, 2.05) is 0 Å². The monoisotopic (exact) mass is 636 g/mol. The number of hydrogen-bond donors (Lipinski definition) is 1. The number of carbonyl (C=O) groups excluding carboxylic acids is 1. The van der Waals surface area contributed by atoms with Crippen LogP contribution in [0.15, 0.2) is 53.3 Å². The predicted octanol–water partition coefficient (Wildman–Crippen LogP) is 6.90. The molecule has 0 aliphatic carbocycles. The zero-order chi connectivity index (χ0) is 32.2. The van der Waals surface area contributed by atoms with E-state index in [0.29, 0.717) is 35.3 Å². The van der Waals surface area contributed by atoms with Crippen LogP contribution < -0.4 is 14.2 Å². The Morgan fingerprint density at radius 2 is 1.86 bits per heavy atom. The molecule has 0 spiro atoms. The number of hydrogen-bond acceptors (Lipinski definition) is 8. The molecule has 0 aliphatic heterocycles. The molecule has 1 atom stereocenters. The summed E-state index contributed by atoms with van der Waals surface area (Å²) in [4.78, 5) is 15.3.